The van der Waals surface area contributed by atoms with Crippen LogP contribution in [0.4, 0.5) is 5.69 Å². The lowest BCUT2D eigenvalue weighted by Crippen LogP contribution is -2.21. The molecule has 20 heavy (non-hydrogen) atoms. The lowest BCUT2D eigenvalue weighted by Gasteiger charge is -2.02. The highest BCUT2D eigenvalue weighted by Crippen LogP contribution is 2.14. The lowest BCUT2D eigenvalue weighted by atomic mass is 10.3. The van der Waals surface area contributed by atoms with Crippen molar-refractivity contribution in [1.82, 2.24) is 24.9 Å². The molecule has 2 aromatic heterocycles. The molecule has 0 saturated heterocycles. The zero-order chi connectivity index (χ0) is 14.7. The fourth-order valence-electron chi connectivity index (χ4n) is 1.71. The van der Waals surface area contributed by atoms with Crippen LogP contribution in [0.3, 0.4) is 0 Å². The summed E-state index contributed by atoms with van der Waals surface area (Å²) >= 11 is 0. The number of nitrogens with zero attached hydrogens (tertiary/aromatic N) is 4. The van der Waals surface area contributed by atoms with Crippen LogP contribution in [0.5, 0.6) is 0 Å². The Morgan fingerprint density at radius 3 is 2.65 bits per heavy atom. The molecule has 2 aromatic rings. The van der Waals surface area contributed by atoms with Crippen molar-refractivity contribution in [2.45, 2.75) is 13.5 Å². The molecular formula is C12H16N6O2. The molecule has 0 saturated carbocycles. The van der Waals surface area contributed by atoms with Crippen molar-refractivity contribution in [3.8, 4) is 0 Å². The van der Waals surface area contributed by atoms with E-state index in [2.05, 4.69) is 20.8 Å². The summed E-state index contributed by atoms with van der Waals surface area (Å²) in [5.41, 5.74) is 0.964. The van der Waals surface area contributed by atoms with Gasteiger partial charge in [0.25, 0.3) is 11.8 Å². The quantitative estimate of drug-likeness (QED) is 0.837. The minimum Gasteiger partial charge on any atom is -0.354 e. The summed E-state index contributed by atoms with van der Waals surface area (Å²) in [7, 11) is 3.19. The number of carbonyl (C=O) groups is 2. The van der Waals surface area contributed by atoms with Gasteiger partial charge >= 0.3 is 0 Å². The van der Waals surface area contributed by atoms with Crippen LogP contribution < -0.4 is 10.6 Å². The predicted molar refractivity (Wildman–Crippen MR) is 72.5 cm³/mol. The highest BCUT2D eigenvalue weighted by Gasteiger charge is 2.18. The Hall–Kier alpha value is -2.64. The Balaban J connectivity index is 2.21. The monoisotopic (exact) mass is 276 g/mol. The van der Waals surface area contributed by atoms with Gasteiger partial charge in [-0.05, 0) is 6.92 Å². The molecule has 106 valence electrons. The summed E-state index contributed by atoms with van der Waals surface area (Å²) in [6.45, 7) is 2.61. The molecule has 0 spiro atoms. The summed E-state index contributed by atoms with van der Waals surface area (Å²) in [5.74, 6) is -0.687. The van der Waals surface area contributed by atoms with E-state index in [4.69, 9.17) is 0 Å². The highest BCUT2D eigenvalue weighted by atomic mass is 16.2. The summed E-state index contributed by atoms with van der Waals surface area (Å²) < 4.78 is 3.12. The number of nitrogens with one attached hydrogen (secondary N) is 2. The van der Waals surface area contributed by atoms with E-state index in [1.54, 1.807) is 24.1 Å². The Morgan fingerprint density at radius 2 is 2.05 bits per heavy atom. The molecule has 0 atom stereocenters. The number of aromatic nitrogens is 4. The molecule has 0 aliphatic carbocycles. The van der Waals surface area contributed by atoms with Crippen molar-refractivity contribution in [3.63, 3.8) is 0 Å². The molecular weight excluding hydrogens is 260 g/mol. The minimum atomic E-state index is -0.356. The third-order valence-electron chi connectivity index (χ3n) is 2.74. The van der Waals surface area contributed by atoms with E-state index in [0.717, 1.165) is 0 Å². The number of hydrogen-bond donors (Lipinski definition) is 2. The molecule has 8 heteroatoms. The van der Waals surface area contributed by atoms with Crippen molar-refractivity contribution >= 4 is 17.5 Å². The molecule has 2 rings (SSSR count). The van der Waals surface area contributed by atoms with Gasteiger partial charge in [0.1, 0.15) is 0 Å². The van der Waals surface area contributed by atoms with Gasteiger partial charge in [0.15, 0.2) is 5.69 Å². The first-order valence-corrected chi connectivity index (χ1v) is 6.14. The molecule has 0 aliphatic heterocycles. The molecule has 0 aromatic carbocycles. The number of rotatable bonds is 4. The molecule has 2 amide bonds. The van der Waals surface area contributed by atoms with Crippen LogP contribution in [0.2, 0.25) is 0 Å². The summed E-state index contributed by atoms with van der Waals surface area (Å²) in [5, 5.41) is 13.2. The minimum absolute atomic E-state index is 0.172. The predicted octanol–water partition coefficient (Wildman–Crippen LogP) is 0.248. The van der Waals surface area contributed by atoms with E-state index in [9.17, 15) is 9.59 Å². The Kier molecular flexibility index (Phi) is 3.83. The van der Waals surface area contributed by atoms with Crippen molar-refractivity contribution in [3.05, 3.63) is 29.8 Å². The van der Waals surface area contributed by atoms with Crippen LogP contribution in [-0.4, -0.2) is 38.4 Å². The van der Waals surface area contributed by atoms with Crippen LogP contribution in [-0.2, 0) is 13.6 Å². The smallest absolute Gasteiger partial charge is 0.273 e. The van der Waals surface area contributed by atoms with Gasteiger partial charge in [-0.1, -0.05) is 0 Å². The molecule has 0 radical (unpaired) electrons. The topological polar surface area (TPSA) is 93.8 Å². The van der Waals surface area contributed by atoms with Crippen LogP contribution in [0.1, 0.15) is 27.8 Å². The van der Waals surface area contributed by atoms with Crippen LogP contribution in [0, 0.1) is 0 Å². The second-order valence-electron chi connectivity index (χ2n) is 4.18. The van der Waals surface area contributed by atoms with E-state index in [1.165, 1.54) is 17.9 Å². The van der Waals surface area contributed by atoms with Crippen LogP contribution in [0.15, 0.2) is 18.6 Å². The molecule has 2 N–H and O–H groups in total. The SMILES string of the molecule is CCn1cc(C(=O)Nc2cn(C)nc2C(=O)NC)cn1. The highest BCUT2D eigenvalue weighted by molar-refractivity contribution is 6.07. The van der Waals surface area contributed by atoms with Gasteiger partial charge in [-0.3, -0.25) is 19.0 Å². The van der Waals surface area contributed by atoms with Gasteiger partial charge in [0.2, 0.25) is 0 Å². The van der Waals surface area contributed by atoms with Gasteiger partial charge in [-0.15, -0.1) is 0 Å². The van der Waals surface area contributed by atoms with Crippen molar-refractivity contribution < 1.29 is 9.59 Å². The summed E-state index contributed by atoms with van der Waals surface area (Å²) in [6, 6.07) is 0. The fourth-order valence-corrected chi connectivity index (χ4v) is 1.71. The lowest BCUT2D eigenvalue weighted by molar-refractivity contribution is 0.0958. The zero-order valence-electron chi connectivity index (χ0n) is 11.5. The maximum Gasteiger partial charge on any atom is 0.273 e. The Labute approximate surface area is 115 Å². The first kappa shape index (κ1) is 13.8. The van der Waals surface area contributed by atoms with Gasteiger partial charge in [-0.2, -0.15) is 10.2 Å². The van der Waals surface area contributed by atoms with Crippen molar-refractivity contribution in [2.24, 2.45) is 7.05 Å². The average Bonchev–Trinajstić information content (AvgIpc) is 3.04. The van der Waals surface area contributed by atoms with E-state index in [0.29, 0.717) is 17.8 Å². The first-order chi connectivity index (χ1) is 9.55. The molecule has 8 nitrogen and oxygen atoms in total. The largest absolute Gasteiger partial charge is 0.354 e. The van der Waals surface area contributed by atoms with Crippen molar-refractivity contribution in [2.75, 3.05) is 12.4 Å². The average molecular weight is 276 g/mol. The summed E-state index contributed by atoms with van der Waals surface area (Å²) in [4.78, 5) is 23.7. The normalized spacial score (nSPS) is 10.3. The fraction of sp³-hybridized carbons (Fsp3) is 0.333. The van der Waals surface area contributed by atoms with Crippen LogP contribution in [0.25, 0.3) is 0 Å². The van der Waals surface area contributed by atoms with Gasteiger partial charge < -0.3 is 10.6 Å². The number of carbonyl (C=O) groups excluding carboxylic acids is 2. The van der Waals surface area contributed by atoms with E-state index in [1.807, 2.05) is 6.92 Å². The maximum atomic E-state index is 12.1. The maximum absolute atomic E-state index is 12.1. The van der Waals surface area contributed by atoms with E-state index >= 15 is 0 Å². The first-order valence-electron chi connectivity index (χ1n) is 6.14. The van der Waals surface area contributed by atoms with Gasteiger partial charge in [0, 0.05) is 33.0 Å². The number of hydrogen-bond acceptors (Lipinski definition) is 4. The Bertz CT molecular complexity index is 642. The molecule has 0 unspecified atom stereocenters. The number of aryl methyl sites for hydroxylation is 2. The third kappa shape index (κ3) is 2.68. The zero-order valence-corrected chi connectivity index (χ0v) is 11.5. The number of amides is 2. The second kappa shape index (κ2) is 5.55. The molecule has 0 bridgehead atoms. The van der Waals surface area contributed by atoms with E-state index < -0.39 is 0 Å². The van der Waals surface area contributed by atoms with Gasteiger partial charge in [0.05, 0.1) is 17.4 Å². The van der Waals surface area contributed by atoms with Crippen LogP contribution >= 0.6 is 0 Å². The van der Waals surface area contributed by atoms with Crippen molar-refractivity contribution in [1.29, 1.82) is 0 Å². The summed E-state index contributed by atoms with van der Waals surface area (Å²) in [6.07, 6.45) is 4.70. The van der Waals surface area contributed by atoms with E-state index in [-0.39, 0.29) is 17.5 Å². The second-order valence-corrected chi connectivity index (χ2v) is 4.18. The standard InChI is InChI=1S/C12H16N6O2/c1-4-18-6-8(5-14-18)11(19)15-9-7-17(3)16-10(9)12(20)13-2/h5-7H,4H2,1-3H3,(H,13,20)(H,15,19). The molecule has 0 fully saturated rings. The number of anilines is 1. The molecule has 0 aliphatic rings. The third-order valence-corrected chi connectivity index (χ3v) is 2.74. The van der Waals surface area contributed by atoms with Gasteiger partial charge in [-0.25, -0.2) is 0 Å². The Morgan fingerprint density at radius 1 is 1.30 bits per heavy atom. The molecule has 2 heterocycles.